The molecule has 0 aromatic carbocycles. The molecule has 1 aromatic rings. The van der Waals surface area contributed by atoms with Crippen LogP contribution in [-0.2, 0) is 6.54 Å². The van der Waals surface area contributed by atoms with Crippen LogP contribution in [0.3, 0.4) is 0 Å². The Morgan fingerprint density at radius 3 is 2.44 bits per heavy atom. The zero-order valence-electron chi connectivity index (χ0n) is 15.9. The molecule has 0 amide bonds. The van der Waals surface area contributed by atoms with E-state index in [1.165, 1.54) is 51.4 Å². The van der Waals surface area contributed by atoms with Gasteiger partial charge in [0.15, 0.2) is 5.96 Å². The third-order valence-corrected chi connectivity index (χ3v) is 5.81. The van der Waals surface area contributed by atoms with Crippen LogP contribution >= 0.6 is 24.0 Å². The minimum absolute atomic E-state index is 0. The quantitative estimate of drug-likeness (QED) is 0.403. The van der Waals surface area contributed by atoms with Gasteiger partial charge in [-0.05, 0) is 44.9 Å². The molecular formula is C19H33IN4O. The van der Waals surface area contributed by atoms with Gasteiger partial charge in [-0.3, -0.25) is 4.99 Å². The van der Waals surface area contributed by atoms with Gasteiger partial charge in [0.05, 0.1) is 12.2 Å². The monoisotopic (exact) mass is 460 g/mol. The van der Waals surface area contributed by atoms with Crippen molar-refractivity contribution >= 4 is 29.9 Å². The molecule has 0 atom stereocenters. The Hall–Kier alpha value is -0.790. The zero-order valence-corrected chi connectivity index (χ0v) is 18.3. The first-order valence-corrected chi connectivity index (χ1v) is 9.50. The molecule has 1 saturated heterocycles. The largest absolute Gasteiger partial charge is 0.444 e. The molecule has 1 N–H and O–H groups in total. The molecule has 1 aromatic heterocycles. The van der Waals surface area contributed by atoms with E-state index in [1.807, 2.05) is 20.9 Å². The highest BCUT2D eigenvalue weighted by molar-refractivity contribution is 14.0. The van der Waals surface area contributed by atoms with Crippen molar-refractivity contribution in [1.82, 2.24) is 15.2 Å². The molecule has 2 aliphatic rings. The fourth-order valence-electron chi connectivity index (χ4n) is 4.38. The Morgan fingerprint density at radius 2 is 1.84 bits per heavy atom. The van der Waals surface area contributed by atoms with Crippen LogP contribution < -0.4 is 5.32 Å². The van der Waals surface area contributed by atoms with Crippen LogP contribution in [0, 0.1) is 19.3 Å². The fourth-order valence-corrected chi connectivity index (χ4v) is 4.38. The van der Waals surface area contributed by atoms with Gasteiger partial charge in [0.1, 0.15) is 5.76 Å². The maximum atomic E-state index is 5.68. The Morgan fingerprint density at radius 1 is 1.16 bits per heavy atom. The van der Waals surface area contributed by atoms with E-state index in [9.17, 15) is 0 Å². The number of hydrogen-bond acceptors (Lipinski definition) is 3. The van der Waals surface area contributed by atoms with Crippen molar-refractivity contribution in [1.29, 1.82) is 0 Å². The first-order valence-electron chi connectivity index (χ1n) is 9.50. The lowest BCUT2D eigenvalue weighted by atomic mass is 9.74. The highest BCUT2D eigenvalue weighted by atomic mass is 127. The Balaban J connectivity index is 0.00000225. The van der Waals surface area contributed by atoms with Gasteiger partial charge in [-0.25, -0.2) is 4.98 Å². The summed E-state index contributed by atoms with van der Waals surface area (Å²) >= 11 is 0. The van der Waals surface area contributed by atoms with E-state index in [4.69, 9.17) is 4.42 Å². The molecule has 142 valence electrons. The summed E-state index contributed by atoms with van der Waals surface area (Å²) < 4.78 is 5.68. The van der Waals surface area contributed by atoms with Gasteiger partial charge in [-0.15, -0.1) is 24.0 Å². The molecule has 2 fully saturated rings. The minimum Gasteiger partial charge on any atom is -0.444 e. The molecule has 25 heavy (non-hydrogen) atoms. The first kappa shape index (κ1) is 20.5. The number of rotatable bonds is 2. The van der Waals surface area contributed by atoms with E-state index in [0.717, 1.165) is 36.4 Å². The van der Waals surface area contributed by atoms with Gasteiger partial charge in [-0.2, -0.15) is 0 Å². The predicted molar refractivity (Wildman–Crippen MR) is 113 cm³/mol. The van der Waals surface area contributed by atoms with Crippen LogP contribution in [0.4, 0.5) is 0 Å². The van der Waals surface area contributed by atoms with Gasteiger partial charge in [-0.1, -0.05) is 25.7 Å². The average molecular weight is 460 g/mol. The summed E-state index contributed by atoms with van der Waals surface area (Å²) in [4.78, 5) is 11.4. The second kappa shape index (κ2) is 9.24. The first-order chi connectivity index (χ1) is 11.6. The van der Waals surface area contributed by atoms with Gasteiger partial charge < -0.3 is 14.6 Å². The SMILES string of the molecule is CN=C(NCc1nc(C)c(C)o1)N1CCCC2(CCCCCC2)C1.I. The molecule has 0 bridgehead atoms. The van der Waals surface area contributed by atoms with Gasteiger partial charge >= 0.3 is 0 Å². The Labute approximate surface area is 169 Å². The van der Waals surface area contributed by atoms with Crippen LogP contribution in [-0.4, -0.2) is 36.0 Å². The smallest absolute Gasteiger partial charge is 0.214 e. The summed E-state index contributed by atoms with van der Waals surface area (Å²) in [5.41, 5.74) is 1.49. The number of aliphatic imine (C=N–C) groups is 1. The van der Waals surface area contributed by atoms with Gasteiger partial charge in [0.2, 0.25) is 5.89 Å². The molecule has 1 aliphatic heterocycles. The molecule has 2 heterocycles. The topological polar surface area (TPSA) is 53.7 Å². The third kappa shape index (κ3) is 5.11. The van der Waals surface area contributed by atoms with Crippen molar-refractivity contribution in [2.24, 2.45) is 10.4 Å². The van der Waals surface area contributed by atoms with Crippen LogP contribution in [0.5, 0.6) is 0 Å². The zero-order chi connectivity index (χ0) is 17.0. The molecule has 1 spiro atoms. The van der Waals surface area contributed by atoms with E-state index < -0.39 is 0 Å². The highest BCUT2D eigenvalue weighted by Gasteiger charge is 2.36. The van der Waals surface area contributed by atoms with Crippen molar-refractivity contribution in [3.8, 4) is 0 Å². The van der Waals surface area contributed by atoms with Crippen LogP contribution in [0.15, 0.2) is 9.41 Å². The maximum Gasteiger partial charge on any atom is 0.214 e. The highest BCUT2D eigenvalue weighted by Crippen LogP contribution is 2.42. The van der Waals surface area contributed by atoms with E-state index in [2.05, 4.69) is 20.2 Å². The molecular weight excluding hydrogens is 427 g/mol. The molecule has 1 saturated carbocycles. The molecule has 6 heteroatoms. The second-order valence-corrected chi connectivity index (χ2v) is 7.59. The number of aryl methyl sites for hydroxylation is 2. The molecule has 0 radical (unpaired) electrons. The van der Waals surface area contributed by atoms with Gasteiger partial charge in [0, 0.05) is 20.1 Å². The molecule has 3 rings (SSSR count). The fraction of sp³-hybridized carbons (Fsp3) is 0.789. The Bertz CT molecular complexity index is 556. The minimum atomic E-state index is 0. The van der Waals surface area contributed by atoms with Crippen LogP contribution in [0.1, 0.15) is 68.7 Å². The van der Waals surface area contributed by atoms with E-state index in [-0.39, 0.29) is 24.0 Å². The summed E-state index contributed by atoms with van der Waals surface area (Å²) in [6.45, 7) is 6.80. The number of likely N-dealkylation sites (tertiary alicyclic amines) is 1. The normalized spacial score (nSPS) is 20.9. The number of guanidine groups is 1. The van der Waals surface area contributed by atoms with Crippen molar-refractivity contribution in [3.05, 3.63) is 17.3 Å². The summed E-state index contributed by atoms with van der Waals surface area (Å²) in [6.07, 6.45) is 11.1. The molecule has 5 nitrogen and oxygen atoms in total. The lowest BCUT2D eigenvalue weighted by Gasteiger charge is -2.44. The summed E-state index contributed by atoms with van der Waals surface area (Å²) in [5.74, 6) is 2.64. The summed E-state index contributed by atoms with van der Waals surface area (Å²) in [6, 6.07) is 0. The number of piperidine rings is 1. The number of nitrogens with zero attached hydrogens (tertiary/aromatic N) is 3. The molecule has 1 aliphatic carbocycles. The van der Waals surface area contributed by atoms with E-state index >= 15 is 0 Å². The predicted octanol–water partition coefficient (Wildman–Crippen LogP) is 4.42. The number of halogens is 1. The summed E-state index contributed by atoms with van der Waals surface area (Å²) in [5, 5.41) is 3.45. The number of aromatic nitrogens is 1. The summed E-state index contributed by atoms with van der Waals surface area (Å²) in [7, 11) is 1.88. The Kier molecular flexibility index (Phi) is 7.58. The number of nitrogens with one attached hydrogen (secondary N) is 1. The number of hydrogen-bond donors (Lipinski definition) is 1. The van der Waals surface area contributed by atoms with Gasteiger partial charge in [0.25, 0.3) is 0 Å². The van der Waals surface area contributed by atoms with Crippen molar-refractivity contribution < 1.29 is 4.42 Å². The van der Waals surface area contributed by atoms with Crippen molar-refractivity contribution in [3.63, 3.8) is 0 Å². The van der Waals surface area contributed by atoms with Crippen LogP contribution in [0.2, 0.25) is 0 Å². The van der Waals surface area contributed by atoms with Crippen molar-refractivity contribution in [2.45, 2.75) is 71.8 Å². The average Bonchev–Trinajstić information content (AvgIpc) is 2.76. The molecule has 0 unspecified atom stereocenters. The third-order valence-electron chi connectivity index (χ3n) is 5.81. The maximum absolute atomic E-state index is 5.68. The number of oxazole rings is 1. The van der Waals surface area contributed by atoms with Crippen molar-refractivity contribution in [2.75, 3.05) is 20.1 Å². The standard InChI is InChI=1S/C19H32N4O.HI/c1-15-16(2)24-17(22-15)13-21-18(20-3)23-12-8-11-19(14-23)9-6-4-5-7-10-19;/h4-14H2,1-3H3,(H,20,21);1H. The second-order valence-electron chi connectivity index (χ2n) is 7.59. The van der Waals surface area contributed by atoms with E-state index in [0.29, 0.717) is 12.0 Å². The lowest BCUT2D eigenvalue weighted by Crippen LogP contribution is -2.50. The lowest BCUT2D eigenvalue weighted by molar-refractivity contribution is 0.115. The van der Waals surface area contributed by atoms with Crippen LogP contribution in [0.25, 0.3) is 0 Å². The van der Waals surface area contributed by atoms with E-state index in [1.54, 1.807) is 0 Å².